The minimum absolute atomic E-state index is 0.248. The van der Waals surface area contributed by atoms with Crippen molar-refractivity contribution in [3.63, 3.8) is 0 Å². The maximum atomic E-state index is 10.4. The van der Waals surface area contributed by atoms with Gasteiger partial charge in [0.2, 0.25) is 0 Å². The van der Waals surface area contributed by atoms with Crippen molar-refractivity contribution in [1.82, 2.24) is 0 Å². The predicted molar refractivity (Wildman–Crippen MR) is 91.8 cm³/mol. The van der Waals surface area contributed by atoms with Crippen LogP contribution >= 0.6 is 0 Å². The summed E-state index contributed by atoms with van der Waals surface area (Å²) in [5, 5.41) is 69.0. The number of ether oxygens (including phenoxy) is 4. The van der Waals surface area contributed by atoms with Crippen molar-refractivity contribution in [3.05, 3.63) is 0 Å². The monoisotopic (exact) mass is 412 g/mol. The van der Waals surface area contributed by atoms with E-state index in [1.165, 1.54) is 0 Å². The number of aliphatic hydroxyl groups is 7. The van der Waals surface area contributed by atoms with Crippen LogP contribution in [-0.4, -0.2) is 117 Å². The molecule has 0 amide bonds. The molecule has 2 fully saturated rings. The molecule has 11 heteroatoms. The zero-order valence-corrected chi connectivity index (χ0v) is 15.9. The second-order valence-electron chi connectivity index (χ2n) is 7.56. The lowest BCUT2D eigenvalue weighted by atomic mass is 9.97. The van der Waals surface area contributed by atoms with Crippen LogP contribution < -0.4 is 0 Å². The summed E-state index contributed by atoms with van der Waals surface area (Å²) < 4.78 is 21.9. The summed E-state index contributed by atoms with van der Waals surface area (Å²) in [5.41, 5.74) is 0. The molecule has 0 aliphatic carbocycles. The van der Waals surface area contributed by atoms with E-state index < -0.39 is 74.6 Å². The van der Waals surface area contributed by atoms with Gasteiger partial charge in [-0.05, 0) is 12.3 Å². The van der Waals surface area contributed by atoms with Gasteiger partial charge < -0.3 is 54.7 Å². The molecule has 0 spiro atoms. The lowest BCUT2D eigenvalue weighted by molar-refractivity contribution is -0.367. The fourth-order valence-corrected chi connectivity index (χ4v) is 3.09. The second-order valence-corrected chi connectivity index (χ2v) is 7.56. The molecule has 166 valence electrons. The molecule has 2 saturated heterocycles. The van der Waals surface area contributed by atoms with Gasteiger partial charge in [-0.1, -0.05) is 13.8 Å². The molecule has 11 nitrogen and oxygen atoms in total. The molecule has 0 aromatic rings. The number of aliphatic hydroxyl groups excluding tert-OH is 7. The third-order valence-electron chi connectivity index (χ3n) is 4.94. The summed E-state index contributed by atoms with van der Waals surface area (Å²) in [7, 11) is 0. The molecule has 2 aliphatic heterocycles. The smallest absolute Gasteiger partial charge is 0.187 e. The van der Waals surface area contributed by atoms with Crippen molar-refractivity contribution in [2.75, 3.05) is 19.8 Å². The van der Waals surface area contributed by atoms with Crippen molar-refractivity contribution in [2.45, 2.75) is 81.7 Å². The summed E-state index contributed by atoms with van der Waals surface area (Å²) in [6.07, 6.45) is -13.6. The average molecular weight is 412 g/mol. The van der Waals surface area contributed by atoms with E-state index in [2.05, 4.69) is 0 Å². The Morgan fingerprint density at radius 1 is 0.750 bits per heavy atom. The van der Waals surface area contributed by atoms with Crippen molar-refractivity contribution in [1.29, 1.82) is 0 Å². The maximum Gasteiger partial charge on any atom is 0.187 e. The molecule has 0 radical (unpaired) electrons. The second kappa shape index (κ2) is 10.5. The van der Waals surface area contributed by atoms with E-state index in [1.54, 1.807) is 0 Å². The minimum Gasteiger partial charge on any atom is -0.394 e. The first-order valence-electron chi connectivity index (χ1n) is 9.41. The molecular weight excluding hydrogens is 380 g/mol. The molecular formula is C17H32O11. The van der Waals surface area contributed by atoms with Crippen LogP contribution in [0.15, 0.2) is 0 Å². The van der Waals surface area contributed by atoms with E-state index in [0.29, 0.717) is 12.3 Å². The highest BCUT2D eigenvalue weighted by Crippen LogP contribution is 2.29. The van der Waals surface area contributed by atoms with Gasteiger partial charge in [0, 0.05) is 0 Å². The van der Waals surface area contributed by atoms with Gasteiger partial charge in [-0.25, -0.2) is 0 Å². The Hall–Kier alpha value is -0.440. The Bertz CT molecular complexity index is 462. The van der Waals surface area contributed by atoms with Crippen molar-refractivity contribution in [3.8, 4) is 0 Å². The number of hydrogen-bond acceptors (Lipinski definition) is 11. The highest BCUT2D eigenvalue weighted by molar-refractivity contribution is 4.93. The van der Waals surface area contributed by atoms with Crippen LogP contribution in [0.3, 0.4) is 0 Å². The number of hydrogen-bond donors (Lipinski definition) is 7. The molecule has 0 saturated carbocycles. The van der Waals surface area contributed by atoms with E-state index in [4.69, 9.17) is 18.9 Å². The molecule has 0 bridgehead atoms. The van der Waals surface area contributed by atoms with Crippen LogP contribution in [0.4, 0.5) is 0 Å². The Balaban J connectivity index is 2.13. The van der Waals surface area contributed by atoms with E-state index >= 15 is 0 Å². The van der Waals surface area contributed by atoms with Gasteiger partial charge in [0.25, 0.3) is 0 Å². The Morgan fingerprint density at radius 2 is 1.29 bits per heavy atom. The molecule has 28 heavy (non-hydrogen) atoms. The van der Waals surface area contributed by atoms with Gasteiger partial charge in [0.1, 0.15) is 48.8 Å². The van der Waals surface area contributed by atoms with Gasteiger partial charge >= 0.3 is 0 Å². The van der Waals surface area contributed by atoms with E-state index in [-0.39, 0.29) is 6.61 Å². The lowest BCUT2D eigenvalue weighted by Gasteiger charge is -2.46. The SMILES string of the molecule is CC(C)CCOC1OC(CO)C(O)C(O)C1OC1OC(CO)C(O)C(O)C1O. The van der Waals surface area contributed by atoms with Crippen LogP contribution in [0.1, 0.15) is 20.3 Å². The Kier molecular flexibility index (Phi) is 8.98. The Labute approximate surface area is 163 Å². The highest BCUT2D eigenvalue weighted by atomic mass is 16.8. The summed E-state index contributed by atoms with van der Waals surface area (Å²) in [6.45, 7) is 3.02. The standard InChI is InChI=1S/C17H32O11/c1-7(2)3-4-25-17-15(13(23)11(21)9(6-19)27-17)28-16-14(24)12(22)10(20)8(5-18)26-16/h7-24H,3-6H2,1-2H3. The fourth-order valence-electron chi connectivity index (χ4n) is 3.09. The van der Waals surface area contributed by atoms with Crippen LogP contribution in [0, 0.1) is 5.92 Å². The van der Waals surface area contributed by atoms with Gasteiger partial charge in [-0.3, -0.25) is 0 Å². The van der Waals surface area contributed by atoms with Gasteiger partial charge in [0.15, 0.2) is 12.6 Å². The van der Waals surface area contributed by atoms with E-state index in [1.807, 2.05) is 13.8 Å². The minimum atomic E-state index is -1.69. The first kappa shape index (κ1) is 23.8. The third kappa shape index (κ3) is 5.37. The molecule has 10 unspecified atom stereocenters. The van der Waals surface area contributed by atoms with Crippen LogP contribution in [0.2, 0.25) is 0 Å². The Morgan fingerprint density at radius 3 is 1.82 bits per heavy atom. The zero-order chi connectivity index (χ0) is 21.0. The average Bonchev–Trinajstić information content (AvgIpc) is 2.66. The largest absolute Gasteiger partial charge is 0.394 e. The highest BCUT2D eigenvalue weighted by Gasteiger charge is 2.50. The van der Waals surface area contributed by atoms with Crippen molar-refractivity contribution < 1.29 is 54.7 Å². The molecule has 10 atom stereocenters. The quantitative estimate of drug-likeness (QED) is 0.212. The summed E-state index contributed by atoms with van der Waals surface area (Å²) in [5.74, 6) is 0.331. The molecule has 7 N–H and O–H groups in total. The fraction of sp³-hybridized carbons (Fsp3) is 1.00. The van der Waals surface area contributed by atoms with Gasteiger partial charge in [0.05, 0.1) is 19.8 Å². The first-order chi connectivity index (χ1) is 13.2. The summed E-state index contributed by atoms with van der Waals surface area (Å²) in [6, 6.07) is 0. The molecule has 0 aromatic heterocycles. The van der Waals surface area contributed by atoms with E-state index in [0.717, 1.165) is 0 Å². The maximum absolute atomic E-state index is 10.4. The normalized spacial score (nSPS) is 44.8. The topological polar surface area (TPSA) is 179 Å². The van der Waals surface area contributed by atoms with Gasteiger partial charge in [-0.2, -0.15) is 0 Å². The summed E-state index contributed by atoms with van der Waals surface area (Å²) >= 11 is 0. The molecule has 2 rings (SSSR count). The lowest BCUT2D eigenvalue weighted by Crippen LogP contribution is -2.64. The molecule has 2 heterocycles. The van der Waals surface area contributed by atoms with E-state index in [9.17, 15) is 35.7 Å². The number of rotatable bonds is 8. The summed E-state index contributed by atoms with van der Waals surface area (Å²) in [4.78, 5) is 0. The van der Waals surface area contributed by atoms with Crippen molar-refractivity contribution >= 4 is 0 Å². The molecule has 0 aromatic carbocycles. The van der Waals surface area contributed by atoms with Crippen LogP contribution in [0.25, 0.3) is 0 Å². The third-order valence-corrected chi connectivity index (χ3v) is 4.94. The molecule has 2 aliphatic rings. The predicted octanol–water partition coefficient (Wildman–Crippen LogP) is -3.33. The first-order valence-corrected chi connectivity index (χ1v) is 9.41. The zero-order valence-electron chi connectivity index (χ0n) is 15.9. The van der Waals surface area contributed by atoms with Gasteiger partial charge in [-0.15, -0.1) is 0 Å². The van der Waals surface area contributed by atoms with Crippen LogP contribution in [-0.2, 0) is 18.9 Å². The van der Waals surface area contributed by atoms with Crippen molar-refractivity contribution in [2.24, 2.45) is 5.92 Å². The van der Waals surface area contributed by atoms with Crippen LogP contribution in [0.5, 0.6) is 0 Å².